The first-order chi connectivity index (χ1) is 21.0. The molecule has 3 fully saturated rings. The molecule has 1 aliphatic heterocycles. The lowest BCUT2D eigenvalue weighted by Crippen LogP contribution is -2.45. The SMILES string of the molecule is C1CCC(NC2CCCCC2)CC1.O=C(O)CN(C(=O)OCc1ccccc1)[C@@H]1CCN(C(=O)OCc2ccccc2)C1. The summed E-state index contributed by atoms with van der Waals surface area (Å²) in [4.78, 5) is 38.8. The van der Waals surface area contributed by atoms with Crippen molar-refractivity contribution >= 4 is 18.2 Å². The molecule has 2 N–H and O–H groups in total. The molecule has 0 bridgehead atoms. The molecule has 2 aromatic rings. The molecule has 3 aliphatic rings. The third-order valence-electron chi connectivity index (χ3n) is 8.49. The second-order valence-corrected chi connectivity index (χ2v) is 11.8. The fourth-order valence-electron chi connectivity index (χ4n) is 6.14. The van der Waals surface area contributed by atoms with E-state index in [9.17, 15) is 19.5 Å². The number of amides is 2. The number of rotatable bonds is 9. The minimum Gasteiger partial charge on any atom is -0.480 e. The number of nitrogens with zero attached hydrogens (tertiary/aromatic N) is 2. The number of ether oxygens (including phenoxy) is 2. The maximum atomic E-state index is 12.5. The summed E-state index contributed by atoms with van der Waals surface area (Å²) >= 11 is 0. The van der Waals surface area contributed by atoms with Crippen molar-refractivity contribution in [3.05, 3.63) is 71.8 Å². The molecule has 9 nitrogen and oxygen atoms in total. The smallest absolute Gasteiger partial charge is 0.410 e. The number of hydrogen-bond donors (Lipinski definition) is 2. The predicted molar refractivity (Wildman–Crippen MR) is 164 cm³/mol. The maximum Gasteiger partial charge on any atom is 0.410 e. The van der Waals surface area contributed by atoms with Crippen LogP contribution >= 0.6 is 0 Å². The molecule has 1 heterocycles. The quantitative estimate of drug-likeness (QED) is 0.348. The summed E-state index contributed by atoms with van der Waals surface area (Å²) in [6.07, 6.45) is 13.8. The summed E-state index contributed by atoms with van der Waals surface area (Å²) in [6, 6.07) is 19.7. The van der Waals surface area contributed by atoms with Gasteiger partial charge < -0.3 is 24.8 Å². The number of carbonyl (C=O) groups excluding carboxylic acids is 2. The highest BCUT2D eigenvalue weighted by molar-refractivity contribution is 5.77. The van der Waals surface area contributed by atoms with E-state index in [2.05, 4.69) is 5.32 Å². The van der Waals surface area contributed by atoms with Gasteiger partial charge in [0.15, 0.2) is 0 Å². The largest absolute Gasteiger partial charge is 0.480 e. The molecule has 0 unspecified atom stereocenters. The van der Waals surface area contributed by atoms with Crippen molar-refractivity contribution in [1.29, 1.82) is 0 Å². The zero-order valence-corrected chi connectivity index (χ0v) is 25.2. The van der Waals surface area contributed by atoms with Crippen LogP contribution in [0.3, 0.4) is 0 Å². The average molecular weight is 594 g/mol. The Bertz CT molecular complexity index is 1100. The Labute approximate surface area is 255 Å². The number of hydrogen-bond acceptors (Lipinski definition) is 6. The molecule has 2 saturated carbocycles. The fraction of sp³-hybridized carbons (Fsp3) is 0.559. The average Bonchev–Trinajstić information content (AvgIpc) is 3.54. The molecule has 0 radical (unpaired) electrons. The number of aliphatic carboxylic acids is 1. The third-order valence-corrected chi connectivity index (χ3v) is 8.49. The summed E-state index contributed by atoms with van der Waals surface area (Å²) in [6.45, 7) is 0.275. The van der Waals surface area contributed by atoms with Gasteiger partial charge in [-0.1, -0.05) is 99.2 Å². The highest BCUT2D eigenvalue weighted by Crippen LogP contribution is 2.23. The Morgan fingerprint density at radius 2 is 1.26 bits per heavy atom. The Morgan fingerprint density at radius 3 is 1.77 bits per heavy atom. The van der Waals surface area contributed by atoms with E-state index in [1.165, 1.54) is 69.1 Å². The van der Waals surface area contributed by atoms with Gasteiger partial charge in [0.1, 0.15) is 19.8 Å². The Morgan fingerprint density at radius 1 is 0.744 bits per heavy atom. The van der Waals surface area contributed by atoms with Gasteiger partial charge in [-0.05, 0) is 43.2 Å². The number of likely N-dealkylation sites (tertiary alicyclic amines) is 1. The standard InChI is InChI=1S/C22H24N2O6.C12H23N/c25-20(26)14-24(22(28)30-16-18-9-5-2-6-10-18)19-11-12-23(13-19)21(27)29-15-17-7-3-1-4-8-17;1-3-7-11(8-4-1)13-12-9-5-2-6-10-12/h1-10,19H,11-16H2,(H,25,26);11-13H,1-10H2/t19-;/m1./s1. The van der Waals surface area contributed by atoms with Gasteiger partial charge in [0.2, 0.25) is 0 Å². The van der Waals surface area contributed by atoms with Gasteiger partial charge in [0.25, 0.3) is 0 Å². The van der Waals surface area contributed by atoms with Gasteiger partial charge in [0, 0.05) is 25.2 Å². The topological polar surface area (TPSA) is 108 Å². The molecule has 2 aliphatic carbocycles. The van der Waals surface area contributed by atoms with Crippen LogP contribution in [0.1, 0.15) is 81.8 Å². The van der Waals surface area contributed by atoms with Crippen LogP contribution in [0, 0.1) is 0 Å². The first kappa shape index (κ1) is 32.3. The van der Waals surface area contributed by atoms with E-state index in [-0.39, 0.29) is 19.8 Å². The highest BCUT2D eigenvalue weighted by Gasteiger charge is 2.35. The number of carboxylic acid groups (broad SMARTS) is 1. The molecule has 0 spiro atoms. The van der Waals surface area contributed by atoms with Gasteiger partial charge in [-0.15, -0.1) is 0 Å². The Balaban J connectivity index is 0.000000269. The molecule has 2 amide bonds. The van der Waals surface area contributed by atoms with E-state index in [1.807, 2.05) is 60.7 Å². The van der Waals surface area contributed by atoms with Crippen LogP contribution < -0.4 is 5.32 Å². The van der Waals surface area contributed by atoms with Gasteiger partial charge in [-0.2, -0.15) is 0 Å². The number of carboxylic acids is 1. The zero-order valence-electron chi connectivity index (χ0n) is 25.2. The third kappa shape index (κ3) is 11.2. The van der Waals surface area contributed by atoms with E-state index in [1.54, 1.807) is 0 Å². The van der Waals surface area contributed by atoms with Crippen LogP contribution in [0.25, 0.3) is 0 Å². The van der Waals surface area contributed by atoms with Crippen LogP contribution in [0.4, 0.5) is 9.59 Å². The van der Waals surface area contributed by atoms with E-state index in [0.29, 0.717) is 13.0 Å². The summed E-state index contributed by atoms with van der Waals surface area (Å²) < 4.78 is 10.6. The highest BCUT2D eigenvalue weighted by atomic mass is 16.6. The number of nitrogens with one attached hydrogen (secondary N) is 1. The normalized spacial score (nSPS) is 19.2. The minimum absolute atomic E-state index is 0.0470. The van der Waals surface area contributed by atoms with Crippen molar-refractivity contribution in [2.45, 2.75) is 102 Å². The van der Waals surface area contributed by atoms with E-state index in [4.69, 9.17) is 9.47 Å². The number of benzene rings is 2. The Hall–Kier alpha value is -3.59. The lowest BCUT2D eigenvalue weighted by Gasteiger charge is -2.30. The van der Waals surface area contributed by atoms with Gasteiger partial charge in [-0.25, -0.2) is 9.59 Å². The number of carbonyl (C=O) groups is 3. The predicted octanol–water partition coefficient (Wildman–Crippen LogP) is 6.36. The molecular weight excluding hydrogens is 546 g/mol. The molecule has 2 aromatic carbocycles. The second-order valence-electron chi connectivity index (χ2n) is 11.8. The van der Waals surface area contributed by atoms with Crippen molar-refractivity contribution in [2.75, 3.05) is 19.6 Å². The van der Waals surface area contributed by atoms with Crippen LogP contribution in [-0.4, -0.2) is 70.8 Å². The second kappa shape index (κ2) is 17.5. The zero-order chi connectivity index (χ0) is 30.3. The molecule has 43 heavy (non-hydrogen) atoms. The molecule has 1 atom stereocenters. The molecule has 9 heteroatoms. The van der Waals surface area contributed by atoms with Crippen molar-refractivity contribution in [3.63, 3.8) is 0 Å². The van der Waals surface area contributed by atoms with Crippen LogP contribution in [-0.2, 0) is 27.5 Å². The van der Waals surface area contributed by atoms with Crippen LogP contribution in [0.5, 0.6) is 0 Å². The van der Waals surface area contributed by atoms with Crippen LogP contribution in [0.15, 0.2) is 60.7 Å². The van der Waals surface area contributed by atoms with Crippen molar-refractivity contribution < 1.29 is 29.0 Å². The Kier molecular flexibility index (Phi) is 13.2. The van der Waals surface area contributed by atoms with Gasteiger partial charge >= 0.3 is 18.2 Å². The molecule has 5 rings (SSSR count). The van der Waals surface area contributed by atoms with Crippen molar-refractivity contribution in [2.24, 2.45) is 0 Å². The van der Waals surface area contributed by atoms with E-state index < -0.39 is 30.7 Å². The van der Waals surface area contributed by atoms with E-state index in [0.717, 1.165) is 28.1 Å². The minimum atomic E-state index is -1.14. The van der Waals surface area contributed by atoms with Crippen molar-refractivity contribution in [1.82, 2.24) is 15.1 Å². The molecular formula is C34H47N3O6. The fourth-order valence-corrected chi connectivity index (χ4v) is 6.14. The summed E-state index contributed by atoms with van der Waals surface area (Å²) in [5.74, 6) is -1.14. The van der Waals surface area contributed by atoms with Gasteiger partial charge in [-0.3, -0.25) is 9.69 Å². The first-order valence-corrected chi connectivity index (χ1v) is 15.9. The summed E-state index contributed by atoms with van der Waals surface area (Å²) in [7, 11) is 0. The summed E-state index contributed by atoms with van der Waals surface area (Å²) in [5.41, 5.74) is 1.68. The summed E-state index contributed by atoms with van der Waals surface area (Å²) in [5, 5.41) is 13.1. The molecule has 234 valence electrons. The van der Waals surface area contributed by atoms with Gasteiger partial charge in [0.05, 0.1) is 6.04 Å². The monoisotopic (exact) mass is 593 g/mol. The first-order valence-electron chi connectivity index (χ1n) is 15.9. The van der Waals surface area contributed by atoms with E-state index >= 15 is 0 Å². The van der Waals surface area contributed by atoms with Crippen LogP contribution in [0.2, 0.25) is 0 Å². The van der Waals surface area contributed by atoms with Crippen molar-refractivity contribution in [3.8, 4) is 0 Å². The lowest BCUT2D eigenvalue weighted by atomic mass is 9.91. The lowest BCUT2D eigenvalue weighted by molar-refractivity contribution is -0.138. The maximum absolute atomic E-state index is 12.5. The molecule has 0 aromatic heterocycles. The molecule has 1 saturated heterocycles.